The molecule has 1 aliphatic rings. The Morgan fingerprint density at radius 1 is 1.10 bits per heavy atom. The first-order chi connectivity index (χ1) is 23.1. The standard InChI is InChI=1S/C39H51N5O4/c1-6-7-21-43-37-31(16-10-20-42-37)34(28-14-8-15-29(23-28)48-22-11-13-27-12-9-19-41-24-27)36(38(43)46)44(39(40)47)35-30(25(2)3)17-18-32(45)33(35)26(4)5/h8,10,14-18,20,23,25-27,41,45H,6-7,9,11-13,19,21-22,24H2,1-5H3,(H2,40,47). The second-order valence-electron chi connectivity index (χ2n) is 13.6. The molecule has 9 heteroatoms. The zero-order valence-electron chi connectivity index (χ0n) is 29.1. The fourth-order valence-corrected chi connectivity index (χ4v) is 6.99. The summed E-state index contributed by atoms with van der Waals surface area (Å²) in [5, 5.41) is 15.4. The normalized spacial score (nSPS) is 14.9. The molecular weight excluding hydrogens is 602 g/mol. The van der Waals surface area contributed by atoms with Gasteiger partial charge < -0.3 is 20.9 Å². The molecule has 0 bridgehead atoms. The molecule has 1 unspecified atom stereocenters. The molecule has 0 radical (unpaired) electrons. The van der Waals surface area contributed by atoms with Crippen molar-refractivity contribution < 1.29 is 14.6 Å². The van der Waals surface area contributed by atoms with E-state index in [9.17, 15) is 14.7 Å². The molecule has 256 valence electrons. The van der Waals surface area contributed by atoms with Crippen molar-refractivity contribution in [2.45, 2.75) is 91.5 Å². The monoisotopic (exact) mass is 653 g/mol. The fraction of sp³-hybridized carbons (Fsp3) is 0.462. The Bertz CT molecular complexity index is 1790. The number of piperidine rings is 1. The number of carbonyl (C=O) groups is 1. The van der Waals surface area contributed by atoms with Crippen molar-refractivity contribution in [3.63, 3.8) is 0 Å². The highest BCUT2D eigenvalue weighted by Crippen LogP contribution is 2.46. The molecule has 5 rings (SSSR count). The van der Waals surface area contributed by atoms with Crippen LogP contribution in [0.4, 0.5) is 16.2 Å². The zero-order chi connectivity index (χ0) is 34.4. The molecule has 0 spiro atoms. The molecule has 2 aromatic heterocycles. The van der Waals surface area contributed by atoms with Gasteiger partial charge in [-0.2, -0.15) is 0 Å². The van der Waals surface area contributed by atoms with Crippen LogP contribution in [0, 0.1) is 5.92 Å². The second-order valence-corrected chi connectivity index (χ2v) is 13.6. The minimum Gasteiger partial charge on any atom is -0.508 e. The van der Waals surface area contributed by atoms with E-state index in [-0.39, 0.29) is 28.8 Å². The number of phenolic OH excluding ortho intramolecular Hbond substituents is 1. The zero-order valence-corrected chi connectivity index (χ0v) is 29.1. The topological polar surface area (TPSA) is 123 Å². The van der Waals surface area contributed by atoms with Gasteiger partial charge in [0.25, 0.3) is 5.56 Å². The quantitative estimate of drug-likeness (QED) is 0.125. The number of nitrogens with one attached hydrogen (secondary N) is 1. The maximum Gasteiger partial charge on any atom is 0.324 e. The van der Waals surface area contributed by atoms with Crippen LogP contribution in [0.25, 0.3) is 22.2 Å². The summed E-state index contributed by atoms with van der Waals surface area (Å²) in [5.74, 6) is 1.20. The van der Waals surface area contributed by atoms with Gasteiger partial charge in [0.05, 0.1) is 12.3 Å². The van der Waals surface area contributed by atoms with Crippen LogP contribution >= 0.6 is 0 Å². The molecule has 1 fully saturated rings. The molecular formula is C39H51N5O4. The molecule has 4 aromatic rings. The lowest BCUT2D eigenvalue weighted by molar-refractivity contribution is 0.256. The minimum absolute atomic E-state index is 0.0334. The van der Waals surface area contributed by atoms with Gasteiger partial charge in [0.2, 0.25) is 0 Å². The van der Waals surface area contributed by atoms with Crippen molar-refractivity contribution in [2.24, 2.45) is 11.7 Å². The average molecular weight is 654 g/mol. The number of aryl methyl sites for hydroxylation is 1. The number of rotatable bonds is 13. The Kier molecular flexibility index (Phi) is 11.4. The van der Waals surface area contributed by atoms with E-state index in [0.29, 0.717) is 58.2 Å². The summed E-state index contributed by atoms with van der Waals surface area (Å²) in [7, 11) is 0. The third kappa shape index (κ3) is 7.36. The van der Waals surface area contributed by atoms with Gasteiger partial charge in [-0.3, -0.25) is 14.3 Å². The number of anilines is 2. The number of primary amides is 1. The van der Waals surface area contributed by atoms with Crippen molar-refractivity contribution >= 4 is 28.4 Å². The molecule has 48 heavy (non-hydrogen) atoms. The van der Waals surface area contributed by atoms with Crippen LogP contribution in [0.1, 0.15) is 96.1 Å². The molecule has 2 aromatic carbocycles. The lowest BCUT2D eigenvalue weighted by Gasteiger charge is -2.31. The summed E-state index contributed by atoms with van der Waals surface area (Å²) in [6, 6.07) is 14.1. The number of aromatic nitrogens is 2. The molecule has 1 aliphatic heterocycles. The first-order valence-corrected chi connectivity index (χ1v) is 17.5. The van der Waals surface area contributed by atoms with Crippen molar-refractivity contribution in [1.82, 2.24) is 14.9 Å². The van der Waals surface area contributed by atoms with Crippen LogP contribution in [-0.4, -0.2) is 40.4 Å². The summed E-state index contributed by atoms with van der Waals surface area (Å²) < 4.78 is 7.92. The van der Waals surface area contributed by atoms with Gasteiger partial charge in [0.1, 0.15) is 22.8 Å². The molecule has 4 N–H and O–H groups in total. The van der Waals surface area contributed by atoms with Crippen molar-refractivity contribution in [2.75, 3.05) is 24.6 Å². The highest BCUT2D eigenvalue weighted by molar-refractivity contribution is 6.09. The Labute approximate surface area is 284 Å². The predicted octanol–water partition coefficient (Wildman–Crippen LogP) is 8.19. The number of fused-ring (bicyclic) bond motifs is 1. The second kappa shape index (κ2) is 15.7. The van der Waals surface area contributed by atoms with Gasteiger partial charge in [-0.1, -0.05) is 59.2 Å². The largest absolute Gasteiger partial charge is 0.508 e. The lowest BCUT2D eigenvalue weighted by Crippen LogP contribution is -2.39. The number of aromatic hydroxyl groups is 1. The first-order valence-electron chi connectivity index (χ1n) is 17.5. The van der Waals surface area contributed by atoms with E-state index < -0.39 is 6.03 Å². The smallest absolute Gasteiger partial charge is 0.324 e. The number of ether oxygens (including phenoxy) is 1. The SMILES string of the molecule is CCCCn1c(=O)c(N(C(N)=O)c2c(C(C)C)ccc(O)c2C(C)C)c(-c2cccc(OCCCC3CCCNC3)c2)c2cccnc21. The van der Waals surface area contributed by atoms with E-state index >= 15 is 0 Å². The minimum atomic E-state index is -0.808. The number of nitrogens with zero attached hydrogens (tertiary/aromatic N) is 3. The van der Waals surface area contributed by atoms with Crippen LogP contribution in [0.5, 0.6) is 11.5 Å². The van der Waals surface area contributed by atoms with E-state index in [0.717, 1.165) is 44.3 Å². The van der Waals surface area contributed by atoms with Gasteiger partial charge in [0.15, 0.2) is 0 Å². The van der Waals surface area contributed by atoms with E-state index in [2.05, 4.69) is 17.2 Å². The number of nitrogens with two attached hydrogens (primary N) is 1. The van der Waals surface area contributed by atoms with Gasteiger partial charge in [-0.25, -0.2) is 9.78 Å². The summed E-state index contributed by atoms with van der Waals surface area (Å²) in [4.78, 5) is 34.7. The van der Waals surface area contributed by atoms with E-state index in [1.165, 1.54) is 17.7 Å². The number of hydrogen-bond acceptors (Lipinski definition) is 6. The van der Waals surface area contributed by atoms with Crippen LogP contribution in [-0.2, 0) is 6.54 Å². The van der Waals surface area contributed by atoms with Crippen LogP contribution < -0.4 is 26.2 Å². The number of hydrogen-bond donors (Lipinski definition) is 3. The third-order valence-corrected chi connectivity index (χ3v) is 9.37. The van der Waals surface area contributed by atoms with Crippen molar-refractivity contribution in [3.8, 4) is 22.6 Å². The van der Waals surface area contributed by atoms with E-state index in [4.69, 9.17) is 10.5 Å². The molecule has 9 nitrogen and oxygen atoms in total. The number of amides is 2. The van der Waals surface area contributed by atoms with E-state index in [1.807, 2.05) is 70.2 Å². The van der Waals surface area contributed by atoms with Crippen molar-refractivity contribution in [3.05, 3.63) is 76.2 Å². The fourth-order valence-electron chi connectivity index (χ4n) is 6.99. The summed E-state index contributed by atoms with van der Waals surface area (Å²) in [5.41, 5.74) is 9.64. The molecule has 1 saturated heterocycles. The number of benzene rings is 2. The molecule has 0 saturated carbocycles. The maximum absolute atomic E-state index is 14.9. The number of urea groups is 1. The predicted molar refractivity (Wildman–Crippen MR) is 195 cm³/mol. The molecule has 1 atom stereocenters. The lowest BCUT2D eigenvalue weighted by atomic mass is 9.90. The maximum atomic E-state index is 14.9. The third-order valence-electron chi connectivity index (χ3n) is 9.37. The van der Waals surface area contributed by atoms with Gasteiger partial charge in [-0.15, -0.1) is 0 Å². The molecule has 2 amide bonds. The van der Waals surface area contributed by atoms with Crippen LogP contribution in [0.3, 0.4) is 0 Å². The van der Waals surface area contributed by atoms with Crippen LogP contribution in [0.2, 0.25) is 0 Å². The first kappa shape index (κ1) is 35.0. The number of unbranched alkanes of at least 4 members (excludes halogenated alkanes) is 1. The Morgan fingerprint density at radius 3 is 2.60 bits per heavy atom. The van der Waals surface area contributed by atoms with Crippen LogP contribution in [0.15, 0.2) is 59.5 Å². The molecule has 3 heterocycles. The number of pyridine rings is 2. The summed E-state index contributed by atoms with van der Waals surface area (Å²) in [6.45, 7) is 13.2. The summed E-state index contributed by atoms with van der Waals surface area (Å²) >= 11 is 0. The molecule has 0 aliphatic carbocycles. The summed E-state index contributed by atoms with van der Waals surface area (Å²) in [6.07, 6.45) is 7.84. The van der Waals surface area contributed by atoms with E-state index in [1.54, 1.807) is 16.8 Å². The highest BCUT2D eigenvalue weighted by atomic mass is 16.5. The Morgan fingerprint density at radius 2 is 1.92 bits per heavy atom. The van der Waals surface area contributed by atoms with Gasteiger partial charge in [0, 0.05) is 29.3 Å². The number of phenols is 1. The average Bonchev–Trinajstić information content (AvgIpc) is 3.07. The highest BCUT2D eigenvalue weighted by Gasteiger charge is 2.32. The Balaban J connectivity index is 1.73. The Hall–Kier alpha value is -4.37. The number of carbonyl (C=O) groups excluding carboxylic acids is 1. The van der Waals surface area contributed by atoms with Crippen molar-refractivity contribution in [1.29, 1.82) is 0 Å². The van der Waals surface area contributed by atoms with Gasteiger partial charge >= 0.3 is 6.03 Å². The van der Waals surface area contributed by atoms with Gasteiger partial charge in [-0.05, 0) is 104 Å².